The summed E-state index contributed by atoms with van der Waals surface area (Å²) < 4.78 is 13.4. The van der Waals surface area contributed by atoms with Gasteiger partial charge in [0.1, 0.15) is 5.82 Å². The van der Waals surface area contributed by atoms with E-state index in [4.69, 9.17) is 5.11 Å². The highest BCUT2D eigenvalue weighted by atomic mass is 19.1. The van der Waals surface area contributed by atoms with Crippen molar-refractivity contribution in [2.75, 3.05) is 6.54 Å². The summed E-state index contributed by atoms with van der Waals surface area (Å²) >= 11 is 0. The predicted octanol–water partition coefficient (Wildman–Crippen LogP) is 2.17. The number of carboxylic acid groups (broad SMARTS) is 1. The zero-order chi connectivity index (χ0) is 13.0. The smallest absolute Gasteiger partial charge is 0.332 e. The van der Waals surface area contributed by atoms with Gasteiger partial charge in [0.25, 0.3) is 0 Å². The molecular formula is C13H16FNO2. The molecule has 0 aromatic heterocycles. The van der Waals surface area contributed by atoms with Gasteiger partial charge in [-0.15, -0.1) is 0 Å². The lowest BCUT2D eigenvalue weighted by molar-refractivity contribution is -0.132. The van der Waals surface area contributed by atoms with Gasteiger partial charge in [0.15, 0.2) is 0 Å². The molecular weight excluding hydrogens is 221 g/mol. The number of aryl methyl sites for hydroxylation is 2. The molecule has 0 fully saturated rings. The Morgan fingerprint density at radius 1 is 1.41 bits per heavy atom. The third-order valence-corrected chi connectivity index (χ3v) is 2.47. The standard InChI is InChI=1S/C13H16FNO2/c1-8-4-11(5-9(2)12(8)14)7-15-6-10(3)13(16)17/h4-5,15H,3,6-7H2,1-2H3,(H,16,17). The first kappa shape index (κ1) is 13.4. The number of hydrogen-bond acceptors (Lipinski definition) is 2. The summed E-state index contributed by atoms with van der Waals surface area (Å²) in [5.74, 6) is -1.20. The maximum atomic E-state index is 13.4. The molecule has 0 saturated heterocycles. The van der Waals surface area contributed by atoms with Crippen LogP contribution in [0.3, 0.4) is 0 Å². The number of rotatable bonds is 5. The number of aliphatic carboxylic acids is 1. The molecule has 0 aliphatic carbocycles. The Bertz CT molecular complexity index is 432. The van der Waals surface area contributed by atoms with Crippen LogP contribution in [0, 0.1) is 19.7 Å². The van der Waals surface area contributed by atoms with Gasteiger partial charge in [-0.2, -0.15) is 0 Å². The van der Waals surface area contributed by atoms with Crippen molar-refractivity contribution in [3.63, 3.8) is 0 Å². The highest BCUT2D eigenvalue weighted by molar-refractivity contribution is 5.86. The average Bonchev–Trinajstić information content (AvgIpc) is 2.25. The fourth-order valence-corrected chi connectivity index (χ4v) is 1.57. The second kappa shape index (κ2) is 5.59. The van der Waals surface area contributed by atoms with Crippen LogP contribution in [0.5, 0.6) is 0 Å². The summed E-state index contributed by atoms with van der Waals surface area (Å²) in [7, 11) is 0. The van der Waals surface area contributed by atoms with Crippen molar-refractivity contribution < 1.29 is 14.3 Å². The van der Waals surface area contributed by atoms with Crippen molar-refractivity contribution in [1.82, 2.24) is 5.32 Å². The molecule has 17 heavy (non-hydrogen) atoms. The predicted molar refractivity (Wildman–Crippen MR) is 64.4 cm³/mol. The summed E-state index contributed by atoms with van der Waals surface area (Å²) in [6.45, 7) is 7.54. The summed E-state index contributed by atoms with van der Waals surface area (Å²) in [4.78, 5) is 10.5. The molecule has 1 aromatic rings. The fraction of sp³-hybridized carbons (Fsp3) is 0.308. The number of benzene rings is 1. The van der Waals surface area contributed by atoms with Gasteiger partial charge >= 0.3 is 5.97 Å². The van der Waals surface area contributed by atoms with Crippen LogP contribution in [0.4, 0.5) is 4.39 Å². The monoisotopic (exact) mass is 237 g/mol. The van der Waals surface area contributed by atoms with Gasteiger partial charge in [-0.25, -0.2) is 9.18 Å². The lowest BCUT2D eigenvalue weighted by atomic mass is 10.1. The number of hydrogen-bond donors (Lipinski definition) is 2. The van der Waals surface area contributed by atoms with E-state index in [9.17, 15) is 9.18 Å². The van der Waals surface area contributed by atoms with Crippen molar-refractivity contribution >= 4 is 5.97 Å². The molecule has 3 nitrogen and oxygen atoms in total. The van der Waals surface area contributed by atoms with E-state index in [1.807, 2.05) is 0 Å². The molecule has 0 atom stereocenters. The average molecular weight is 237 g/mol. The second-order valence-electron chi connectivity index (χ2n) is 4.06. The van der Waals surface area contributed by atoms with Crippen LogP contribution in [0.15, 0.2) is 24.3 Å². The Balaban J connectivity index is 2.59. The van der Waals surface area contributed by atoms with E-state index in [0.29, 0.717) is 17.7 Å². The van der Waals surface area contributed by atoms with Gasteiger partial charge in [-0.1, -0.05) is 18.7 Å². The van der Waals surface area contributed by atoms with Gasteiger partial charge in [-0.3, -0.25) is 0 Å². The lowest BCUT2D eigenvalue weighted by Gasteiger charge is -2.08. The first-order chi connectivity index (χ1) is 7.91. The third-order valence-electron chi connectivity index (χ3n) is 2.47. The molecule has 1 aromatic carbocycles. The second-order valence-corrected chi connectivity index (χ2v) is 4.06. The molecule has 0 amide bonds. The molecule has 0 radical (unpaired) electrons. The first-order valence-corrected chi connectivity index (χ1v) is 5.29. The van der Waals surface area contributed by atoms with Gasteiger partial charge in [-0.05, 0) is 30.5 Å². The summed E-state index contributed by atoms with van der Waals surface area (Å²) in [6, 6.07) is 3.50. The van der Waals surface area contributed by atoms with Crippen LogP contribution >= 0.6 is 0 Å². The van der Waals surface area contributed by atoms with Crippen LogP contribution < -0.4 is 5.32 Å². The first-order valence-electron chi connectivity index (χ1n) is 5.29. The van der Waals surface area contributed by atoms with Crippen LogP contribution in [0.25, 0.3) is 0 Å². The van der Waals surface area contributed by atoms with Gasteiger partial charge in [0.2, 0.25) is 0 Å². The van der Waals surface area contributed by atoms with E-state index < -0.39 is 5.97 Å². The van der Waals surface area contributed by atoms with E-state index in [1.54, 1.807) is 26.0 Å². The molecule has 0 saturated carbocycles. The quantitative estimate of drug-likeness (QED) is 0.772. The Morgan fingerprint density at radius 2 is 1.94 bits per heavy atom. The molecule has 0 aliphatic heterocycles. The van der Waals surface area contributed by atoms with Crippen molar-refractivity contribution in [3.05, 3.63) is 46.8 Å². The summed E-state index contributed by atoms with van der Waals surface area (Å²) in [6.07, 6.45) is 0. The normalized spacial score (nSPS) is 10.3. The Labute approximate surface area is 100.0 Å². The summed E-state index contributed by atoms with van der Waals surface area (Å²) in [5.41, 5.74) is 2.23. The van der Waals surface area contributed by atoms with E-state index in [2.05, 4.69) is 11.9 Å². The van der Waals surface area contributed by atoms with E-state index in [1.165, 1.54) is 0 Å². The zero-order valence-corrected chi connectivity index (χ0v) is 10.0. The largest absolute Gasteiger partial charge is 0.478 e. The Kier molecular flexibility index (Phi) is 4.40. The minimum atomic E-state index is -1.01. The maximum absolute atomic E-state index is 13.4. The number of nitrogens with one attached hydrogen (secondary N) is 1. The molecule has 0 aliphatic rings. The Hall–Kier alpha value is -1.68. The maximum Gasteiger partial charge on any atom is 0.332 e. The fourth-order valence-electron chi connectivity index (χ4n) is 1.57. The highest BCUT2D eigenvalue weighted by Crippen LogP contribution is 2.14. The lowest BCUT2D eigenvalue weighted by Crippen LogP contribution is -2.20. The molecule has 92 valence electrons. The topological polar surface area (TPSA) is 49.3 Å². The van der Waals surface area contributed by atoms with Crippen molar-refractivity contribution in [2.45, 2.75) is 20.4 Å². The molecule has 0 bridgehead atoms. The van der Waals surface area contributed by atoms with Crippen LogP contribution in [0.1, 0.15) is 16.7 Å². The molecule has 0 spiro atoms. The number of carboxylic acids is 1. The van der Waals surface area contributed by atoms with Gasteiger partial charge in [0.05, 0.1) is 0 Å². The van der Waals surface area contributed by atoms with Gasteiger partial charge < -0.3 is 10.4 Å². The van der Waals surface area contributed by atoms with Crippen LogP contribution in [-0.4, -0.2) is 17.6 Å². The molecule has 1 rings (SSSR count). The molecule has 4 heteroatoms. The minimum Gasteiger partial charge on any atom is -0.478 e. The van der Waals surface area contributed by atoms with Gasteiger partial charge in [0, 0.05) is 18.7 Å². The van der Waals surface area contributed by atoms with Crippen LogP contribution in [0.2, 0.25) is 0 Å². The minimum absolute atomic E-state index is 0.112. The van der Waals surface area contributed by atoms with Crippen molar-refractivity contribution in [2.24, 2.45) is 0 Å². The molecule has 0 heterocycles. The third kappa shape index (κ3) is 3.67. The SMILES string of the molecule is C=C(CNCc1cc(C)c(F)c(C)c1)C(=O)O. The van der Waals surface area contributed by atoms with Crippen molar-refractivity contribution in [1.29, 1.82) is 0 Å². The summed E-state index contributed by atoms with van der Waals surface area (Å²) in [5, 5.41) is 11.6. The van der Waals surface area contributed by atoms with Crippen LogP contribution in [-0.2, 0) is 11.3 Å². The molecule has 0 unspecified atom stereocenters. The number of carbonyl (C=O) groups is 1. The Morgan fingerprint density at radius 3 is 2.41 bits per heavy atom. The van der Waals surface area contributed by atoms with E-state index in [-0.39, 0.29) is 17.9 Å². The van der Waals surface area contributed by atoms with Crippen molar-refractivity contribution in [3.8, 4) is 0 Å². The van der Waals surface area contributed by atoms with E-state index >= 15 is 0 Å². The molecule has 2 N–H and O–H groups in total. The van der Waals surface area contributed by atoms with E-state index in [0.717, 1.165) is 5.56 Å². The number of halogens is 1. The zero-order valence-electron chi connectivity index (χ0n) is 10.0. The highest BCUT2D eigenvalue weighted by Gasteiger charge is 2.05.